The molecule has 0 amide bonds. The maximum Gasteiger partial charge on any atom is 0.234 e. The Balaban J connectivity index is 2.28. The number of aromatic amines is 1. The van der Waals surface area contributed by atoms with Gasteiger partial charge < -0.3 is 25.6 Å². The molecule has 0 radical (unpaired) electrons. The van der Waals surface area contributed by atoms with Crippen LogP contribution in [-0.4, -0.2) is 37.1 Å². The molecule has 1 aliphatic heterocycles. The topological polar surface area (TPSA) is 80.2 Å². The highest BCUT2D eigenvalue weighted by atomic mass is 16.8. The third-order valence-corrected chi connectivity index (χ3v) is 3.82. The molecule has 0 spiro atoms. The van der Waals surface area contributed by atoms with Crippen molar-refractivity contribution in [2.24, 2.45) is 0 Å². The molecule has 0 atom stereocenters. The van der Waals surface area contributed by atoms with Crippen LogP contribution in [0.5, 0.6) is 0 Å². The van der Waals surface area contributed by atoms with Crippen LogP contribution in [0.1, 0.15) is 0 Å². The van der Waals surface area contributed by atoms with Crippen LogP contribution >= 0.6 is 0 Å². The Hall–Kier alpha value is -2.73. The fourth-order valence-corrected chi connectivity index (χ4v) is 2.74. The van der Waals surface area contributed by atoms with Gasteiger partial charge in [-0.2, -0.15) is 4.90 Å². The quantitative estimate of drug-likeness (QED) is 0.570. The Morgan fingerprint density at radius 2 is 1.87 bits per heavy atom. The number of H-pyrrole nitrogens is 1. The normalized spacial score (nSPS) is 11.3. The third kappa shape index (κ3) is 2.93. The van der Waals surface area contributed by atoms with E-state index < -0.39 is 0 Å². The van der Waals surface area contributed by atoms with Crippen LogP contribution < -0.4 is 15.6 Å². The van der Waals surface area contributed by atoms with Crippen LogP contribution in [-0.2, 0) is 0 Å². The molecule has 0 saturated heterocycles. The molecule has 1 heterocycles. The van der Waals surface area contributed by atoms with Gasteiger partial charge in [-0.1, -0.05) is 24.3 Å². The molecule has 120 valence electrons. The monoisotopic (exact) mass is 311 g/mol. The summed E-state index contributed by atoms with van der Waals surface area (Å²) in [4.78, 5) is 5.03. The number of para-hydroxylation sites is 1. The van der Waals surface area contributed by atoms with Crippen LogP contribution in [0.3, 0.4) is 0 Å². The van der Waals surface area contributed by atoms with Crippen LogP contribution in [0.25, 0.3) is 22.2 Å². The Kier molecular flexibility index (Phi) is 4.08. The minimum atomic E-state index is -0.331. The van der Waals surface area contributed by atoms with Crippen LogP contribution in [0.4, 0.5) is 5.69 Å². The molecule has 2 N–H and O–H groups in total. The number of hydrogen-bond acceptors (Lipinski definition) is 4. The van der Waals surface area contributed by atoms with Gasteiger partial charge in [-0.25, -0.2) is 0 Å². The summed E-state index contributed by atoms with van der Waals surface area (Å²) in [6, 6.07) is 13.0. The molecule has 1 aliphatic carbocycles. The maximum absolute atomic E-state index is 11.4. The lowest BCUT2D eigenvalue weighted by atomic mass is 10.0. The zero-order valence-electron chi connectivity index (χ0n) is 13.2. The summed E-state index contributed by atoms with van der Waals surface area (Å²) in [5.41, 5.74) is 3.14. The highest BCUT2D eigenvalue weighted by Crippen LogP contribution is 2.32. The summed E-state index contributed by atoms with van der Waals surface area (Å²) in [5, 5.41) is 27.3. The number of fused-ring (bicyclic) bond motifs is 2. The van der Waals surface area contributed by atoms with E-state index in [0.717, 1.165) is 28.8 Å². The second-order valence-electron chi connectivity index (χ2n) is 5.73. The molecular weight excluding hydrogens is 292 g/mol. The number of hydrogen-bond donors (Lipinski definition) is 2. The minimum absolute atomic E-state index is 0.108. The van der Waals surface area contributed by atoms with Gasteiger partial charge in [-0.05, 0) is 26.2 Å². The molecule has 23 heavy (non-hydrogen) atoms. The molecule has 1 aromatic rings. The van der Waals surface area contributed by atoms with E-state index in [2.05, 4.69) is 15.2 Å². The molecule has 1 aromatic carbocycles. The molecule has 0 saturated carbocycles. The third-order valence-electron chi connectivity index (χ3n) is 3.82. The zero-order chi connectivity index (χ0) is 16.4. The van der Waals surface area contributed by atoms with E-state index in [1.54, 1.807) is 12.1 Å². The Labute approximate surface area is 134 Å². The molecule has 0 aromatic heterocycles. The highest BCUT2D eigenvalue weighted by molar-refractivity contribution is 6.00. The summed E-state index contributed by atoms with van der Waals surface area (Å²) in [7, 11) is 4.00. The van der Waals surface area contributed by atoms with Gasteiger partial charge in [0.2, 0.25) is 5.36 Å². The predicted octanol–water partition coefficient (Wildman–Crippen LogP) is 2.01. The summed E-state index contributed by atoms with van der Waals surface area (Å²) >= 11 is 0. The fraction of sp³-hybridized carbons (Fsp3) is 0.235. The van der Waals surface area contributed by atoms with Crippen molar-refractivity contribution in [1.29, 1.82) is 0 Å². The maximum atomic E-state index is 11.4. The second kappa shape index (κ2) is 6.18. The Morgan fingerprint density at radius 1 is 1.09 bits per heavy atom. The number of benzene rings is 2. The molecule has 0 fully saturated rings. The zero-order valence-corrected chi connectivity index (χ0v) is 13.2. The van der Waals surface area contributed by atoms with E-state index in [4.69, 9.17) is 0 Å². The Morgan fingerprint density at radius 3 is 2.61 bits per heavy atom. The van der Waals surface area contributed by atoms with E-state index in [1.807, 2.05) is 44.4 Å². The van der Waals surface area contributed by atoms with Crippen molar-refractivity contribution < 1.29 is 0 Å². The smallest absolute Gasteiger partial charge is 0.234 e. The molecule has 6 heteroatoms. The average Bonchev–Trinajstić information content (AvgIpc) is 2.53. The summed E-state index contributed by atoms with van der Waals surface area (Å²) in [6.07, 6.45) is 0. The number of nitrogens with one attached hydrogen (secondary N) is 2. The van der Waals surface area contributed by atoms with Crippen molar-refractivity contribution in [2.75, 3.05) is 32.5 Å². The van der Waals surface area contributed by atoms with E-state index >= 15 is 0 Å². The van der Waals surface area contributed by atoms with Gasteiger partial charge in [0.25, 0.3) is 0 Å². The van der Waals surface area contributed by atoms with Crippen molar-refractivity contribution in [1.82, 2.24) is 14.8 Å². The number of nitrogens with zero attached hydrogens (tertiary/aromatic N) is 2. The lowest BCUT2D eigenvalue weighted by molar-refractivity contribution is 0.425. The molecule has 2 aliphatic rings. The lowest BCUT2D eigenvalue weighted by Gasteiger charge is -2.19. The molecule has 0 unspecified atom stereocenters. The van der Waals surface area contributed by atoms with E-state index in [0.29, 0.717) is 12.1 Å². The second-order valence-corrected chi connectivity index (χ2v) is 5.73. The molecular formula is C17H19N4O2-. The van der Waals surface area contributed by atoms with Crippen molar-refractivity contribution in [2.45, 2.75) is 0 Å². The Bertz CT molecular complexity index is 866. The van der Waals surface area contributed by atoms with Gasteiger partial charge in [-0.3, -0.25) is 0 Å². The van der Waals surface area contributed by atoms with Gasteiger partial charge in [0.05, 0.1) is 16.9 Å². The van der Waals surface area contributed by atoms with Crippen molar-refractivity contribution >= 4 is 16.6 Å². The first-order chi connectivity index (χ1) is 11.1. The van der Waals surface area contributed by atoms with Gasteiger partial charge >= 0.3 is 0 Å². The SMILES string of the molecule is CN(C)CCNc1c2c(=[N+]([O-])[O-])cccc-2[nH]c2ccccc12. The van der Waals surface area contributed by atoms with Gasteiger partial charge in [0.15, 0.2) is 0 Å². The van der Waals surface area contributed by atoms with E-state index in [1.165, 1.54) is 0 Å². The van der Waals surface area contributed by atoms with Gasteiger partial charge in [0.1, 0.15) is 0 Å². The number of anilines is 1. The highest BCUT2D eigenvalue weighted by Gasteiger charge is 2.17. The first kappa shape index (κ1) is 15.2. The fourth-order valence-electron chi connectivity index (χ4n) is 2.74. The summed E-state index contributed by atoms with van der Waals surface area (Å²) < 4.78 is 0. The number of likely N-dealkylation sites (N-methyl/N-ethyl adjacent to an activating group) is 1. The van der Waals surface area contributed by atoms with Crippen LogP contribution in [0.15, 0.2) is 42.5 Å². The van der Waals surface area contributed by atoms with Crippen molar-refractivity contribution in [3.63, 3.8) is 0 Å². The van der Waals surface area contributed by atoms with Crippen LogP contribution in [0.2, 0.25) is 0 Å². The number of aromatic nitrogens is 1. The summed E-state index contributed by atoms with van der Waals surface area (Å²) in [5.74, 6) is 0. The first-order valence-electron chi connectivity index (χ1n) is 7.47. The van der Waals surface area contributed by atoms with Crippen molar-refractivity contribution in [3.05, 3.63) is 58.2 Å². The van der Waals surface area contributed by atoms with Crippen molar-refractivity contribution in [3.8, 4) is 11.3 Å². The van der Waals surface area contributed by atoms with E-state index in [-0.39, 0.29) is 10.3 Å². The van der Waals surface area contributed by atoms with E-state index in [9.17, 15) is 10.4 Å². The lowest BCUT2D eigenvalue weighted by Crippen LogP contribution is -2.25. The van der Waals surface area contributed by atoms with Crippen LogP contribution in [0, 0.1) is 10.4 Å². The first-order valence-corrected chi connectivity index (χ1v) is 7.47. The summed E-state index contributed by atoms with van der Waals surface area (Å²) in [6.45, 7) is 1.55. The largest absolute Gasteiger partial charge is 0.612 e. The van der Waals surface area contributed by atoms with Gasteiger partial charge in [0, 0.05) is 30.1 Å². The average molecular weight is 311 g/mol. The number of pyridine rings is 1. The molecule has 0 bridgehead atoms. The standard InChI is InChI=1S/C17H19N4O2/c1-20(2)11-10-18-17-12-6-3-4-7-13(12)19-14-8-5-9-15(16(14)17)21(22)23/h3-9,18-19H,10-11H2,1-2H3/q-1. The molecule has 6 nitrogen and oxygen atoms in total. The predicted molar refractivity (Wildman–Crippen MR) is 94.0 cm³/mol. The van der Waals surface area contributed by atoms with Gasteiger partial charge in [-0.15, -0.1) is 0 Å². The molecule has 3 rings (SSSR count). The minimum Gasteiger partial charge on any atom is -0.612 e. The number of rotatable bonds is 4.